The number of amides is 6. The maximum absolute atomic E-state index is 13.8. The number of halogens is 3. The highest BCUT2D eigenvalue weighted by molar-refractivity contribution is 6.34. The van der Waals surface area contributed by atoms with Crippen LogP contribution in [-0.4, -0.2) is 86.9 Å². The standard InChI is InChI=1S/C35H45Cl2FN12O6/c1-17(2)11-26(32(54)48-27(16-28(39)51)33(55)46-25(29(40)52)12-19-6-8-22(38)9-7-19)47-31(53)24(5-4-10-43-35(41)42)45-34(56)30-44-18(3)50(49-30)23-14-20(36)13-21(37)15-23/h6-9,13-15,17,24-27H,4-5,10-12,16H2,1-3H3,(H2,39,51)(H2,40,52)(H,45,56)(H,46,55)(H,47,53)(H,48,54)(H4,41,42,43)/t24-,25-,26-,27-/m0/s1. The Balaban J connectivity index is 1.83. The van der Waals surface area contributed by atoms with E-state index in [9.17, 15) is 33.2 Å². The van der Waals surface area contributed by atoms with Gasteiger partial charge in [0.25, 0.3) is 5.91 Å². The van der Waals surface area contributed by atoms with Gasteiger partial charge in [0.15, 0.2) is 5.96 Å². The molecule has 6 amide bonds. The number of aryl methyl sites for hydroxylation is 1. The van der Waals surface area contributed by atoms with E-state index in [-0.39, 0.29) is 49.9 Å². The number of carbonyl (C=O) groups is 6. The van der Waals surface area contributed by atoms with Gasteiger partial charge in [0, 0.05) is 23.0 Å². The molecule has 3 aromatic rings. The van der Waals surface area contributed by atoms with Gasteiger partial charge < -0.3 is 44.2 Å². The van der Waals surface area contributed by atoms with Crippen molar-refractivity contribution in [3.63, 3.8) is 0 Å². The lowest BCUT2D eigenvalue weighted by molar-refractivity contribution is -0.135. The van der Waals surface area contributed by atoms with E-state index in [1.807, 2.05) is 0 Å². The second-order valence-electron chi connectivity index (χ2n) is 13.2. The first-order chi connectivity index (χ1) is 26.3. The smallest absolute Gasteiger partial charge is 0.291 e. The lowest BCUT2D eigenvalue weighted by atomic mass is 10.0. The Morgan fingerprint density at radius 3 is 1.96 bits per heavy atom. The molecule has 302 valence electrons. The Hall–Kier alpha value is -5.82. The van der Waals surface area contributed by atoms with Gasteiger partial charge in [-0.1, -0.05) is 49.2 Å². The van der Waals surface area contributed by atoms with Crippen LogP contribution in [0, 0.1) is 18.7 Å². The van der Waals surface area contributed by atoms with Crippen LogP contribution in [0.2, 0.25) is 10.0 Å². The van der Waals surface area contributed by atoms with Crippen LogP contribution in [0.1, 0.15) is 61.5 Å². The van der Waals surface area contributed by atoms with Crippen molar-refractivity contribution in [3.05, 3.63) is 75.5 Å². The van der Waals surface area contributed by atoms with E-state index in [2.05, 4.69) is 36.3 Å². The number of carbonyl (C=O) groups excluding carboxylic acids is 6. The molecular formula is C35H45Cl2FN12O6. The van der Waals surface area contributed by atoms with E-state index < -0.39 is 71.8 Å². The molecule has 2 aromatic carbocycles. The fraction of sp³-hybridized carbons (Fsp3) is 0.400. The van der Waals surface area contributed by atoms with Gasteiger partial charge in [0.05, 0.1) is 12.1 Å². The molecule has 4 atom stereocenters. The number of hydrogen-bond acceptors (Lipinski definition) is 9. The van der Waals surface area contributed by atoms with Crippen LogP contribution < -0.4 is 44.2 Å². The third-order valence-corrected chi connectivity index (χ3v) is 8.46. The quantitative estimate of drug-likeness (QED) is 0.0438. The van der Waals surface area contributed by atoms with Crippen molar-refractivity contribution in [1.29, 1.82) is 0 Å². The molecule has 0 spiro atoms. The van der Waals surface area contributed by atoms with E-state index in [0.717, 1.165) is 0 Å². The molecule has 12 N–H and O–H groups in total. The molecule has 0 aliphatic rings. The average molecular weight is 820 g/mol. The van der Waals surface area contributed by atoms with E-state index >= 15 is 0 Å². The molecule has 3 rings (SSSR count). The average Bonchev–Trinajstić information content (AvgIpc) is 3.50. The van der Waals surface area contributed by atoms with E-state index in [4.69, 9.17) is 46.1 Å². The number of aromatic nitrogens is 3. The Kier molecular flexibility index (Phi) is 16.5. The third-order valence-electron chi connectivity index (χ3n) is 8.02. The van der Waals surface area contributed by atoms with Crippen LogP contribution in [0.25, 0.3) is 5.69 Å². The van der Waals surface area contributed by atoms with Gasteiger partial charge in [-0.05, 0) is 68.0 Å². The number of aliphatic imine (C=N–C) groups is 1. The molecule has 0 saturated heterocycles. The molecular weight excluding hydrogens is 774 g/mol. The van der Waals surface area contributed by atoms with Crippen molar-refractivity contribution < 1.29 is 33.2 Å². The summed E-state index contributed by atoms with van der Waals surface area (Å²) in [6, 6.07) is 4.34. The number of rotatable bonds is 20. The Labute approximate surface area is 331 Å². The maximum atomic E-state index is 13.8. The topological polar surface area (TPSA) is 298 Å². The first kappa shape index (κ1) is 44.6. The Morgan fingerprint density at radius 2 is 1.39 bits per heavy atom. The number of nitrogens with two attached hydrogens (primary N) is 4. The first-order valence-electron chi connectivity index (χ1n) is 17.3. The fourth-order valence-corrected chi connectivity index (χ4v) is 5.91. The summed E-state index contributed by atoms with van der Waals surface area (Å²) >= 11 is 12.3. The van der Waals surface area contributed by atoms with Crippen molar-refractivity contribution in [2.45, 2.75) is 77.0 Å². The largest absolute Gasteiger partial charge is 0.370 e. The lowest BCUT2D eigenvalue weighted by Crippen LogP contribution is -2.59. The number of nitrogens with one attached hydrogen (secondary N) is 4. The normalized spacial score (nSPS) is 13.1. The summed E-state index contributed by atoms with van der Waals surface area (Å²) in [5, 5.41) is 15.0. The van der Waals surface area contributed by atoms with Gasteiger partial charge in [-0.25, -0.2) is 14.1 Å². The monoisotopic (exact) mass is 818 g/mol. The molecule has 0 unspecified atom stereocenters. The van der Waals surface area contributed by atoms with E-state index in [1.54, 1.807) is 32.9 Å². The van der Waals surface area contributed by atoms with Gasteiger partial charge in [0.1, 0.15) is 35.8 Å². The first-order valence-corrected chi connectivity index (χ1v) is 18.1. The van der Waals surface area contributed by atoms with Crippen LogP contribution in [-0.2, 0) is 30.4 Å². The minimum Gasteiger partial charge on any atom is -0.370 e. The molecule has 0 radical (unpaired) electrons. The lowest BCUT2D eigenvalue weighted by Gasteiger charge is -2.26. The number of primary amides is 2. The number of guanidine groups is 1. The minimum absolute atomic E-state index is 0.00320. The zero-order valence-corrected chi connectivity index (χ0v) is 32.4. The van der Waals surface area contributed by atoms with E-state index in [1.165, 1.54) is 35.0 Å². The van der Waals surface area contributed by atoms with Crippen molar-refractivity contribution >= 4 is 64.6 Å². The summed E-state index contributed by atoms with van der Waals surface area (Å²) < 4.78 is 14.7. The summed E-state index contributed by atoms with van der Waals surface area (Å²) in [6.45, 7) is 5.26. The molecule has 21 heteroatoms. The van der Waals surface area contributed by atoms with Gasteiger partial charge in [-0.15, -0.1) is 5.10 Å². The highest BCUT2D eigenvalue weighted by Gasteiger charge is 2.33. The van der Waals surface area contributed by atoms with Crippen LogP contribution in [0.4, 0.5) is 4.39 Å². The van der Waals surface area contributed by atoms with E-state index in [0.29, 0.717) is 27.1 Å². The summed E-state index contributed by atoms with van der Waals surface area (Å²) in [6.07, 6.45) is -0.516. The van der Waals surface area contributed by atoms with Crippen molar-refractivity contribution in [1.82, 2.24) is 36.0 Å². The molecule has 0 saturated carbocycles. The van der Waals surface area contributed by atoms with Crippen molar-refractivity contribution in [2.24, 2.45) is 33.8 Å². The van der Waals surface area contributed by atoms with Crippen LogP contribution in [0.15, 0.2) is 47.5 Å². The van der Waals surface area contributed by atoms with Gasteiger partial charge >= 0.3 is 0 Å². The van der Waals surface area contributed by atoms with Gasteiger partial charge in [0.2, 0.25) is 35.4 Å². The predicted molar refractivity (Wildman–Crippen MR) is 206 cm³/mol. The number of hydrogen-bond donors (Lipinski definition) is 8. The molecule has 0 fully saturated rings. The van der Waals surface area contributed by atoms with Crippen molar-refractivity contribution in [2.75, 3.05) is 6.54 Å². The molecule has 0 aliphatic heterocycles. The zero-order valence-electron chi connectivity index (χ0n) is 30.9. The molecule has 1 aromatic heterocycles. The third kappa shape index (κ3) is 14.1. The van der Waals surface area contributed by atoms with Crippen LogP contribution in [0.3, 0.4) is 0 Å². The summed E-state index contributed by atoms with van der Waals surface area (Å²) in [5.74, 6) is -6.20. The van der Waals surface area contributed by atoms with Gasteiger partial charge in [-0.2, -0.15) is 0 Å². The highest BCUT2D eigenvalue weighted by Crippen LogP contribution is 2.22. The zero-order chi connectivity index (χ0) is 41.7. The second kappa shape index (κ2) is 20.7. The molecule has 0 bridgehead atoms. The SMILES string of the molecule is Cc1nc(C(=O)N[C@@H](CCCN=C(N)N)C(=O)N[C@@H](CC(C)C)C(=O)N[C@@H](CC(N)=O)C(=O)N[C@@H](Cc2ccc(F)cc2)C(N)=O)nn1-c1cc(Cl)cc(Cl)c1. The second-order valence-corrected chi connectivity index (χ2v) is 14.1. The number of nitrogens with zero attached hydrogens (tertiary/aromatic N) is 4. The highest BCUT2D eigenvalue weighted by atomic mass is 35.5. The molecule has 1 heterocycles. The van der Waals surface area contributed by atoms with Gasteiger partial charge in [-0.3, -0.25) is 33.8 Å². The molecule has 56 heavy (non-hydrogen) atoms. The fourth-order valence-electron chi connectivity index (χ4n) is 5.40. The summed E-state index contributed by atoms with van der Waals surface area (Å²) in [5.41, 5.74) is 22.7. The van der Waals surface area contributed by atoms with Crippen molar-refractivity contribution in [3.8, 4) is 5.69 Å². The maximum Gasteiger partial charge on any atom is 0.291 e. The molecule has 0 aliphatic carbocycles. The number of benzene rings is 2. The Bertz CT molecular complexity index is 1920. The summed E-state index contributed by atoms with van der Waals surface area (Å²) in [7, 11) is 0. The summed E-state index contributed by atoms with van der Waals surface area (Å²) in [4.78, 5) is 86.7. The Morgan fingerprint density at radius 1 is 0.821 bits per heavy atom. The predicted octanol–water partition coefficient (Wildman–Crippen LogP) is 0.278. The minimum atomic E-state index is -1.59. The van der Waals surface area contributed by atoms with Crippen LogP contribution >= 0.6 is 23.2 Å². The molecule has 18 nitrogen and oxygen atoms in total. The van der Waals surface area contributed by atoms with Crippen LogP contribution in [0.5, 0.6) is 0 Å².